The molecule has 0 spiro atoms. The fourth-order valence-corrected chi connectivity index (χ4v) is 2.57. The van der Waals surface area contributed by atoms with Gasteiger partial charge in [-0.25, -0.2) is 0 Å². The molecule has 1 amide bonds. The number of nitrogens with one attached hydrogen (secondary N) is 1. The molecule has 138 valence electrons. The molecule has 7 nitrogen and oxygen atoms in total. The average molecular weight is 373 g/mol. The first-order chi connectivity index (χ1) is 13.5. The van der Waals surface area contributed by atoms with E-state index in [0.717, 1.165) is 5.56 Å². The molecule has 0 aliphatic rings. The van der Waals surface area contributed by atoms with Crippen molar-refractivity contribution >= 4 is 23.4 Å². The van der Waals surface area contributed by atoms with Gasteiger partial charge in [0, 0.05) is 29.5 Å². The number of hydrogen-bond donors (Lipinski definition) is 1. The van der Waals surface area contributed by atoms with Crippen LogP contribution in [-0.4, -0.2) is 10.8 Å². The minimum atomic E-state index is -0.557. The fourth-order valence-electron chi connectivity index (χ4n) is 2.57. The summed E-state index contributed by atoms with van der Waals surface area (Å²) in [5.41, 5.74) is 1.77. The number of amides is 1. The van der Waals surface area contributed by atoms with Crippen LogP contribution in [0.4, 0.5) is 11.4 Å². The lowest BCUT2D eigenvalue weighted by Crippen LogP contribution is -2.13. The Bertz CT molecular complexity index is 1110. The monoisotopic (exact) mass is 373 g/mol. The van der Waals surface area contributed by atoms with Gasteiger partial charge in [0.25, 0.3) is 11.6 Å². The molecule has 0 radical (unpaired) electrons. The normalized spacial score (nSPS) is 10.9. The first-order valence-electron chi connectivity index (χ1n) is 8.31. The van der Waals surface area contributed by atoms with Crippen LogP contribution in [0.25, 0.3) is 17.4 Å². The zero-order valence-corrected chi connectivity index (χ0v) is 14.9. The Balaban J connectivity index is 1.87. The highest BCUT2D eigenvalue weighted by atomic mass is 16.6. The van der Waals surface area contributed by atoms with E-state index in [2.05, 4.69) is 5.32 Å². The van der Waals surface area contributed by atoms with Crippen LogP contribution in [0, 0.1) is 28.4 Å². The van der Waals surface area contributed by atoms with Gasteiger partial charge in [-0.3, -0.25) is 14.9 Å². The number of carbonyl (C=O) groups excluding carboxylic acids is 1. The molecule has 0 aliphatic heterocycles. The van der Waals surface area contributed by atoms with Crippen molar-refractivity contribution in [1.29, 1.82) is 5.26 Å². The molecular weight excluding hydrogens is 358 g/mol. The Hall–Kier alpha value is -4.18. The van der Waals surface area contributed by atoms with E-state index in [-0.39, 0.29) is 11.3 Å². The van der Waals surface area contributed by atoms with Gasteiger partial charge in [0.2, 0.25) is 0 Å². The SMILES string of the molecule is Cc1ccc([N+](=O)[O-])cc1-c1ccc(/C=C(/C#N)C(=O)Nc2ccccc2)o1. The quantitative estimate of drug-likeness (QED) is 0.301. The molecule has 1 aromatic heterocycles. The highest BCUT2D eigenvalue weighted by Crippen LogP contribution is 2.29. The van der Waals surface area contributed by atoms with Gasteiger partial charge >= 0.3 is 0 Å². The van der Waals surface area contributed by atoms with E-state index in [9.17, 15) is 20.2 Å². The van der Waals surface area contributed by atoms with Gasteiger partial charge in [-0.1, -0.05) is 24.3 Å². The van der Waals surface area contributed by atoms with E-state index in [1.165, 1.54) is 18.2 Å². The highest BCUT2D eigenvalue weighted by molar-refractivity contribution is 6.09. The third kappa shape index (κ3) is 4.14. The van der Waals surface area contributed by atoms with E-state index < -0.39 is 10.8 Å². The van der Waals surface area contributed by atoms with Crippen LogP contribution in [0.1, 0.15) is 11.3 Å². The van der Waals surface area contributed by atoms with E-state index in [1.54, 1.807) is 42.5 Å². The second-order valence-electron chi connectivity index (χ2n) is 5.95. The van der Waals surface area contributed by atoms with Gasteiger partial charge in [-0.15, -0.1) is 0 Å². The van der Waals surface area contributed by atoms with E-state index in [4.69, 9.17) is 4.42 Å². The summed E-state index contributed by atoms with van der Waals surface area (Å²) < 4.78 is 5.69. The smallest absolute Gasteiger partial charge is 0.270 e. The lowest BCUT2D eigenvalue weighted by Gasteiger charge is -2.03. The van der Waals surface area contributed by atoms with Crippen LogP contribution < -0.4 is 5.32 Å². The fraction of sp³-hybridized carbons (Fsp3) is 0.0476. The van der Waals surface area contributed by atoms with Gasteiger partial charge in [-0.05, 0) is 36.8 Å². The number of non-ortho nitro benzene ring substituents is 1. The molecule has 0 bridgehead atoms. The molecule has 1 heterocycles. The minimum absolute atomic E-state index is 0.0472. The molecular formula is C21H15N3O4. The average Bonchev–Trinajstić information content (AvgIpc) is 3.15. The Morgan fingerprint density at radius 2 is 1.93 bits per heavy atom. The van der Waals surface area contributed by atoms with E-state index in [1.807, 2.05) is 19.1 Å². The molecule has 0 fully saturated rings. The topological polar surface area (TPSA) is 109 Å². The first kappa shape index (κ1) is 18.6. The maximum atomic E-state index is 12.3. The van der Waals surface area contributed by atoms with Crippen molar-refractivity contribution in [3.05, 3.63) is 87.7 Å². The molecule has 3 aromatic rings. The second kappa shape index (κ2) is 8.01. The van der Waals surface area contributed by atoms with E-state index >= 15 is 0 Å². The number of hydrogen-bond acceptors (Lipinski definition) is 5. The zero-order chi connectivity index (χ0) is 20.1. The van der Waals surface area contributed by atoms with Gasteiger partial charge in [0.05, 0.1) is 4.92 Å². The van der Waals surface area contributed by atoms with Crippen molar-refractivity contribution in [2.75, 3.05) is 5.32 Å². The maximum absolute atomic E-state index is 12.3. The lowest BCUT2D eigenvalue weighted by atomic mass is 10.1. The minimum Gasteiger partial charge on any atom is -0.457 e. The number of furan rings is 1. The predicted octanol–water partition coefficient (Wildman–Crippen LogP) is 4.71. The van der Waals surface area contributed by atoms with Crippen molar-refractivity contribution in [3.8, 4) is 17.4 Å². The van der Waals surface area contributed by atoms with Gasteiger partial charge in [-0.2, -0.15) is 5.26 Å². The van der Waals surface area contributed by atoms with Crippen LogP contribution in [0.5, 0.6) is 0 Å². The number of carbonyl (C=O) groups is 1. The van der Waals surface area contributed by atoms with Crippen LogP contribution in [-0.2, 0) is 4.79 Å². The van der Waals surface area contributed by atoms with Crippen LogP contribution in [0.15, 0.2) is 70.7 Å². The third-order valence-corrected chi connectivity index (χ3v) is 4.01. The van der Waals surface area contributed by atoms with Crippen LogP contribution in [0.3, 0.4) is 0 Å². The molecule has 0 saturated heterocycles. The molecule has 0 saturated carbocycles. The van der Waals surface area contributed by atoms with Gasteiger partial charge < -0.3 is 9.73 Å². The highest BCUT2D eigenvalue weighted by Gasteiger charge is 2.14. The Morgan fingerprint density at radius 1 is 1.18 bits per heavy atom. The number of anilines is 1. The summed E-state index contributed by atoms with van der Waals surface area (Å²) in [4.78, 5) is 22.8. The molecule has 0 unspecified atom stereocenters. The molecule has 28 heavy (non-hydrogen) atoms. The molecule has 0 atom stereocenters. The standard InChI is InChI=1S/C21H15N3O4/c1-14-7-8-17(24(26)27)12-19(14)20-10-9-18(28-20)11-15(13-22)21(25)23-16-5-3-2-4-6-16/h2-12H,1H3,(H,23,25)/b15-11-. The largest absolute Gasteiger partial charge is 0.457 e. The number of aryl methyl sites for hydroxylation is 1. The van der Waals surface area contributed by atoms with Gasteiger partial charge in [0.15, 0.2) is 0 Å². The second-order valence-corrected chi connectivity index (χ2v) is 5.95. The number of benzene rings is 2. The number of nitro groups is 1. The molecule has 3 rings (SSSR count). The number of nitriles is 1. The summed E-state index contributed by atoms with van der Waals surface area (Å²) in [6.07, 6.45) is 1.33. The predicted molar refractivity (Wildman–Crippen MR) is 104 cm³/mol. The zero-order valence-electron chi connectivity index (χ0n) is 14.9. The van der Waals surface area contributed by atoms with Crippen molar-refractivity contribution in [2.24, 2.45) is 0 Å². The van der Waals surface area contributed by atoms with Crippen molar-refractivity contribution in [2.45, 2.75) is 6.92 Å². The number of rotatable bonds is 5. The maximum Gasteiger partial charge on any atom is 0.270 e. The van der Waals surface area contributed by atoms with Gasteiger partial charge in [0.1, 0.15) is 23.2 Å². The Morgan fingerprint density at radius 3 is 2.61 bits per heavy atom. The van der Waals surface area contributed by atoms with Crippen molar-refractivity contribution in [1.82, 2.24) is 0 Å². The summed E-state index contributed by atoms with van der Waals surface area (Å²) in [7, 11) is 0. The summed E-state index contributed by atoms with van der Waals surface area (Å²) >= 11 is 0. The lowest BCUT2D eigenvalue weighted by molar-refractivity contribution is -0.384. The summed E-state index contributed by atoms with van der Waals surface area (Å²) in [5.74, 6) is 0.145. The number of nitro benzene ring substituents is 1. The summed E-state index contributed by atoms with van der Waals surface area (Å²) in [5, 5.41) is 22.9. The molecule has 2 aromatic carbocycles. The Labute approximate surface area is 160 Å². The Kier molecular flexibility index (Phi) is 5.33. The number of para-hydroxylation sites is 1. The van der Waals surface area contributed by atoms with E-state index in [0.29, 0.717) is 22.8 Å². The molecule has 1 N–H and O–H groups in total. The third-order valence-electron chi connectivity index (χ3n) is 4.01. The van der Waals surface area contributed by atoms with Crippen LogP contribution in [0.2, 0.25) is 0 Å². The van der Waals surface area contributed by atoms with Crippen molar-refractivity contribution < 1.29 is 14.1 Å². The van der Waals surface area contributed by atoms with Crippen molar-refractivity contribution in [3.63, 3.8) is 0 Å². The first-order valence-corrected chi connectivity index (χ1v) is 8.31. The summed E-state index contributed by atoms with van der Waals surface area (Å²) in [6, 6.07) is 18.4. The molecule has 0 aliphatic carbocycles. The van der Waals surface area contributed by atoms with Crippen LogP contribution >= 0.6 is 0 Å². The summed E-state index contributed by atoms with van der Waals surface area (Å²) in [6.45, 7) is 1.81. The molecule has 7 heteroatoms. The number of nitrogens with zero attached hydrogens (tertiary/aromatic N) is 2.